The lowest BCUT2D eigenvalue weighted by Crippen LogP contribution is -2.44. The maximum Gasteiger partial charge on any atom is 0.425 e. The van der Waals surface area contributed by atoms with Crippen LogP contribution in [0.15, 0.2) is 18.5 Å². The number of hydrogen-bond acceptors (Lipinski definition) is 7. The second-order valence-corrected chi connectivity index (χ2v) is 8.55. The van der Waals surface area contributed by atoms with Gasteiger partial charge in [0.25, 0.3) is 0 Å². The lowest BCUT2D eigenvalue weighted by atomic mass is 9.97. The van der Waals surface area contributed by atoms with E-state index in [0.29, 0.717) is 17.0 Å². The Hall–Kier alpha value is -2.77. The van der Waals surface area contributed by atoms with Gasteiger partial charge in [-0.15, -0.1) is 0 Å². The van der Waals surface area contributed by atoms with Gasteiger partial charge in [-0.1, -0.05) is 0 Å². The Kier molecular flexibility index (Phi) is 6.21. The van der Waals surface area contributed by atoms with E-state index in [0.717, 1.165) is 18.4 Å². The molecule has 0 aliphatic heterocycles. The van der Waals surface area contributed by atoms with Crippen molar-refractivity contribution in [2.75, 3.05) is 4.90 Å². The number of carbonyl (C=O) groups excluding carboxylic acids is 3. The van der Waals surface area contributed by atoms with Gasteiger partial charge in [-0.25, -0.2) is 14.6 Å². The molecule has 0 fully saturated rings. The molecule has 2 amide bonds. The third-order valence-electron chi connectivity index (χ3n) is 3.55. The van der Waals surface area contributed by atoms with E-state index >= 15 is 0 Å². The van der Waals surface area contributed by atoms with Crippen LogP contribution in [0, 0.1) is 0 Å². The molecule has 0 radical (unpaired) electrons. The normalized spacial score (nSPS) is 14.9. The third-order valence-corrected chi connectivity index (χ3v) is 3.55. The number of ether oxygens (including phenoxy) is 2. The first-order chi connectivity index (χ1) is 12.9. The summed E-state index contributed by atoms with van der Waals surface area (Å²) in [4.78, 5) is 46.0. The zero-order valence-electron chi connectivity index (χ0n) is 17.2. The minimum absolute atomic E-state index is 0.0185. The molecule has 28 heavy (non-hydrogen) atoms. The average molecular weight is 389 g/mol. The molecule has 8 heteroatoms. The quantitative estimate of drug-likeness (QED) is 0.744. The number of hydrogen-bond donors (Lipinski definition) is 0. The SMILES string of the molecule is CC(C)(C)OC(=O)N(C(=O)OC(C)(C)C)c1cnc(C2=CC(=O)CCC2)cn1. The van der Waals surface area contributed by atoms with Crippen molar-refractivity contribution in [2.24, 2.45) is 0 Å². The van der Waals surface area contributed by atoms with Gasteiger partial charge >= 0.3 is 12.2 Å². The van der Waals surface area contributed by atoms with Crippen LogP contribution < -0.4 is 4.90 Å². The fourth-order valence-corrected chi connectivity index (χ4v) is 2.47. The second-order valence-electron chi connectivity index (χ2n) is 8.55. The second kappa shape index (κ2) is 8.08. The number of ketones is 1. The van der Waals surface area contributed by atoms with Crippen molar-refractivity contribution >= 4 is 29.4 Å². The highest BCUT2D eigenvalue weighted by molar-refractivity contribution is 6.08. The average Bonchev–Trinajstić information content (AvgIpc) is 2.52. The molecule has 0 N–H and O–H groups in total. The zero-order valence-corrected chi connectivity index (χ0v) is 17.2. The smallest absolute Gasteiger partial charge is 0.425 e. The molecular weight excluding hydrogens is 362 g/mol. The minimum atomic E-state index is -0.907. The van der Waals surface area contributed by atoms with Crippen molar-refractivity contribution in [3.05, 3.63) is 24.2 Å². The highest BCUT2D eigenvalue weighted by Gasteiger charge is 2.33. The molecule has 0 aromatic carbocycles. The first kappa shape index (κ1) is 21.5. The molecule has 0 unspecified atom stereocenters. The molecule has 0 saturated heterocycles. The Balaban J connectivity index is 2.33. The topological polar surface area (TPSA) is 98.7 Å². The Labute approximate surface area is 164 Å². The van der Waals surface area contributed by atoms with Crippen LogP contribution in [0.3, 0.4) is 0 Å². The minimum Gasteiger partial charge on any atom is -0.443 e. The number of imide groups is 1. The van der Waals surface area contributed by atoms with E-state index in [-0.39, 0.29) is 11.6 Å². The molecule has 0 atom stereocenters. The lowest BCUT2D eigenvalue weighted by Gasteiger charge is -2.27. The predicted octanol–water partition coefficient (Wildman–Crippen LogP) is 4.29. The summed E-state index contributed by atoms with van der Waals surface area (Å²) < 4.78 is 10.6. The molecular formula is C20H27N3O5. The summed E-state index contributed by atoms with van der Waals surface area (Å²) in [5.74, 6) is 0.0336. The van der Waals surface area contributed by atoms with Crippen molar-refractivity contribution in [3.63, 3.8) is 0 Å². The molecule has 0 bridgehead atoms. The van der Waals surface area contributed by atoms with Gasteiger partial charge in [0.1, 0.15) is 11.2 Å². The number of allylic oxidation sites excluding steroid dienone is 2. The summed E-state index contributed by atoms with van der Waals surface area (Å²) in [6.45, 7) is 10.2. The summed E-state index contributed by atoms with van der Waals surface area (Å²) in [6, 6.07) is 0. The van der Waals surface area contributed by atoms with Crippen LogP contribution in [0.5, 0.6) is 0 Å². The summed E-state index contributed by atoms with van der Waals surface area (Å²) in [6.07, 6.45) is 4.49. The Morgan fingerprint density at radius 2 is 1.50 bits per heavy atom. The zero-order chi connectivity index (χ0) is 21.1. The van der Waals surface area contributed by atoms with Crippen LogP contribution in [0.1, 0.15) is 66.5 Å². The molecule has 8 nitrogen and oxygen atoms in total. The number of anilines is 1. The Morgan fingerprint density at radius 1 is 0.929 bits per heavy atom. The first-order valence-corrected chi connectivity index (χ1v) is 9.18. The van der Waals surface area contributed by atoms with Crippen LogP contribution in [-0.2, 0) is 14.3 Å². The van der Waals surface area contributed by atoms with Gasteiger partial charge in [0.05, 0.1) is 18.1 Å². The number of amides is 2. The first-order valence-electron chi connectivity index (χ1n) is 9.18. The van der Waals surface area contributed by atoms with Crippen LogP contribution >= 0.6 is 0 Å². The Morgan fingerprint density at radius 3 is 1.93 bits per heavy atom. The molecule has 1 aliphatic carbocycles. The van der Waals surface area contributed by atoms with Gasteiger partial charge in [-0.05, 0) is 66.0 Å². The van der Waals surface area contributed by atoms with Crippen LogP contribution in [0.2, 0.25) is 0 Å². The van der Waals surface area contributed by atoms with Crippen molar-refractivity contribution < 1.29 is 23.9 Å². The summed E-state index contributed by atoms with van der Waals surface area (Å²) in [7, 11) is 0. The molecule has 1 heterocycles. The monoisotopic (exact) mass is 389 g/mol. The maximum absolute atomic E-state index is 12.6. The highest BCUT2D eigenvalue weighted by atomic mass is 16.6. The van der Waals surface area contributed by atoms with Crippen molar-refractivity contribution in [2.45, 2.75) is 72.0 Å². The number of nitrogens with zero attached hydrogens (tertiary/aromatic N) is 3. The number of carbonyl (C=O) groups is 3. The van der Waals surface area contributed by atoms with Crippen LogP contribution in [0.4, 0.5) is 15.4 Å². The van der Waals surface area contributed by atoms with Gasteiger partial charge in [-0.2, -0.15) is 4.90 Å². The van der Waals surface area contributed by atoms with E-state index in [4.69, 9.17) is 9.47 Å². The van der Waals surface area contributed by atoms with Crippen LogP contribution in [0.25, 0.3) is 5.57 Å². The Bertz CT molecular complexity index is 758. The highest BCUT2D eigenvalue weighted by Crippen LogP contribution is 2.25. The van der Waals surface area contributed by atoms with Gasteiger partial charge in [0, 0.05) is 6.42 Å². The van der Waals surface area contributed by atoms with E-state index in [1.165, 1.54) is 12.4 Å². The molecule has 1 aromatic heterocycles. The summed E-state index contributed by atoms with van der Waals surface area (Å²) in [5, 5.41) is 0. The van der Waals surface area contributed by atoms with Gasteiger partial charge in [-0.3, -0.25) is 9.78 Å². The van der Waals surface area contributed by atoms with E-state index in [2.05, 4.69) is 9.97 Å². The van der Waals surface area contributed by atoms with E-state index < -0.39 is 23.4 Å². The van der Waals surface area contributed by atoms with Crippen molar-refractivity contribution in [3.8, 4) is 0 Å². The maximum atomic E-state index is 12.6. The number of aromatic nitrogens is 2. The summed E-state index contributed by atoms with van der Waals surface area (Å²) >= 11 is 0. The molecule has 0 saturated carbocycles. The third kappa shape index (κ3) is 6.14. The summed E-state index contributed by atoms with van der Waals surface area (Å²) in [5.41, 5.74) is -0.294. The van der Waals surface area contributed by atoms with E-state index in [1.54, 1.807) is 47.6 Å². The van der Waals surface area contributed by atoms with E-state index in [9.17, 15) is 14.4 Å². The van der Waals surface area contributed by atoms with Gasteiger partial charge < -0.3 is 9.47 Å². The van der Waals surface area contributed by atoms with Crippen LogP contribution in [-0.4, -0.2) is 39.1 Å². The predicted molar refractivity (Wildman–Crippen MR) is 104 cm³/mol. The van der Waals surface area contributed by atoms with Crippen molar-refractivity contribution in [1.29, 1.82) is 0 Å². The van der Waals surface area contributed by atoms with E-state index in [1.807, 2.05) is 0 Å². The molecule has 1 aliphatic rings. The van der Waals surface area contributed by atoms with Gasteiger partial charge in [0.15, 0.2) is 11.6 Å². The fraction of sp³-hybridized carbons (Fsp3) is 0.550. The molecule has 2 rings (SSSR count). The van der Waals surface area contributed by atoms with Crippen molar-refractivity contribution in [1.82, 2.24) is 9.97 Å². The number of rotatable bonds is 2. The fourth-order valence-electron chi connectivity index (χ4n) is 2.47. The van der Waals surface area contributed by atoms with Gasteiger partial charge in [0.2, 0.25) is 0 Å². The molecule has 152 valence electrons. The molecule has 0 spiro atoms. The largest absolute Gasteiger partial charge is 0.443 e. The lowest BCUT2D eigenvalue weighted by molar-refractivity contribution is -0.114. The standard InChI is InChI=1S/C20H27N3O5/c1-19(2,3)27-17(25)23(18(26)28-20(4,5)6)16-12-21-15(11-22-16)13-8-7-9-14(24)10-13/h10-12H,7-9H2,1-6H3. The molecule has 1 aromatic rings.